The summed E-state index contributed by atoms with van der Waals surface area (Å²) in [5.41, 5.74) is 0.778. The highest BCUT2D eigenvalue weighted by atomic mass is 79.9. The summed E-state index contributed by atoms with van der Waals surface area (Å²) in [5.74, 6) is 1.38. The minimum absolute atomic E-state index is 0.0161. The van der Waals surface area contributed by atoms with Gasteiger partial charge in [-0.3, -0.25) is 4.79 Å². The monoisotopic (exact) mass is 530 g/mol. The van der Waals surface area contributed by atoms with E-state index in [1.807, 2.05) is 30.3 Å². The Morgan fingerprint density at radius 3 is 2.59 bits per heavy atom. The number of alkyl halides is 1. The number of ether oxygens (including phenoxy) is 3. The molecule has 1 aromatic rings. The van der Waals surface area contributed by atoms with Crippen LogP contribution in [0.4, 0.5) is 0 Å². The van der Waals surface area contributed by atoms with Crippen molar-refractivity contribution >= 4 is 27.9 Å². The Balaban J connectivity index is 1.23. The zero-order valence-electron chi connectivity index (χ0n) is 20.1. The van der Waals surface area contributed by atoms with E-state index >= 15 is 0 Å². The van der Waals surface area contributed by atoms with Gasteiger partial charge in [0.25, 0.3) is 0 Å². The van der Waals surface area contributed by atoms with Crippen LogP contribution in [-0.2, 0) is 19.0 Å². The molecule has 1 aliphatic heterocycles. The molecule has 2 bridgehead atoms. The Kier molecular flexibility index (Phi) is 5.46. The molecule has 34 heavy (non-hydrogen) atoms. The van der Waals surface area contributed by atoms with E-state index in [4.69, 9.17) is 14.2 Å². The Morgan fingerprint density at radius 2 is 1.82 bits per heavy atom. The summed E-state index contributed by atoms with van der Waals surface area (Å²) in [6.45, 7) is 4.70. The van der Waals surface area contributed by atoms with E-state index in [2.05, 4.69) is 22.9 Å². The fourth-order valence-corrected chi connectivity index (χ4v) is 10.2. The highest BCUT2D eigenvalue weighted by Gasteiger charge is 2.72. The molecule has 1 saturated heterocycles. The van der Waals surface area contributed by atoms with Crippen molar-refractivity contribution in [3.8, 4) is 0 Å². The van der Waals surface area contributed by atoms with Gasteiger partial charge >= 0.3 is 11.9 Å². The molecule has 5 aliphatic rings. The number of hydrogen-bond acceptors (Lipinski definition) is 5. The summed E-state index contributed by atoms with van der Waals surface area (Å²) in [6.07, 6.45) is 8.30. The van der Waals surface area contributed by atoms with Crippen molar-refractivity contribution in [1.82, 2.24) is 0 Å². The number of carbonyl (C=O) groups excluding carboxylic acids is 2. The maximum atomic E-state index is 12.9. The number of rotatable bonds is 3. The Bertz CT molecular complexity index is 982. The Hall–Kier alpha value is -1.40. The third kappa shape index (κ3) is 3.20. The third-order valence-electron chi connectivity index (χ3n) is 10.5. The van der Waals surface area contributed by atoms with Gasteiger partial charge in [-0.05, 0) is 74.8 Å². The largest absolute Gasteiger partial charge is 0.463 e. The Morgan fingerprint density at radius 1 is 1.03 bits per heavy atom. The van der Waals surface area contributed by atoms with E-state index < -0.39 is 0 Å². The average Bonchev–Trinajstić information content (AvgIpc) is 3.21. The van der Waals surface area contributed by atoms with Crippen molar-refractivity contribution in [2.45, 2.75) is 87.9 Å². The number of hydrogen-bond donors (Lipinski definition) is 0. The number of halogens is 1. The SMILES string of the molecule is CC(=O)O[C@H]1CC[C@]23CO[C@@H](C[C@H]4[C@@H]5CC[C@H](OC(=O)c6ccccc6)[C@@]5(C)CC[C@@H]42)[C@@]3(Br)C1. The topological polar surface area (TPSA) is 61.8 Å². The predicted molar refractivity (Wildman–Crippen MR) is 131 cm³/mol. The van der Waals surface area contributed by atoms with Crippen molar-refractivity contribution < 1.29 is 23.8 Å². The molecule has 0 spiro atoms. The molecule has 6 rings (SSSR count). The van der Waals surface area contributed by atoms with Gasteiger partial charge in [-0.25, -0.2) is 4.79 Å². The van der Waals surface area contributed by atoms with Crippen LogP contribution in [0.15, 0.2) is 30.3 Å². The van der Waals surface area contributed by atoms with E-state index in [0.29, 0.717) is 23.3 Å². The van der Waals surface area contributed by atoms with Crippen LogP contribution in [0.2, 0.25) is 0 Å². The van der Waals surface area contributed by atoms with Crippen LogP contribution in [0.5, 0.6) is 0 Å². The fraction of sp³-hybridized carbons (Fsp3) is 0.714. The van der Waals surface area contributed by atoms with Gasteiger partial charge in [-0.2, -0.15) is 0 Å². The highest BCUT2D eigenvalue weighted by molar-refractivity contribution is 9.10. The van der Waals surface area contributed by atoms with Crippen molar-refractivity contribution in [1.29, 1.82) is 0 Å². The second kappa shape index (κ2) is 8.06. The average molecular weight is 531 g/mol. The summed E-state index contributed by atoms with van der Waals surface area (Å²) >= 11 is 4.22. The van der Waals surface area contributed by atoms with Crippen LogP contribution in [-0.4, -0.2) is 41.2 Å². The minimum Gasteiger partial charge on any atom is -0.463 e. The molecular weight excluding hydrogens is 496 g/mol. The summed E-state index contributed by atoms with van der Waals surface area (Å²) < 4.78 is 18.2. The molecule has 0 aromatic heterocycles. The first-order chi connectivity index (χ1) is 16.3. The maximum absolute atomic E-state index is 12.9. The van der Waals surface area contributed by atoms with E-state index in [-0.39, 0.29) is 45.4 Å². The van der Waals surface area contributed by atoms with E-state index in [0.717, 1.165) is 58.0 Å². The molecule has 0 amide bonds. The lowest BCUT2D eigenvalue weighted by molar-refractivity contribution is -0.154. The van der Waals surface area contributed by atoms with Crippen molar-refractivity contribution in [2.75, 3.05) is 6.61 Å². The molecule has 1 heterocycles. The smallest absolute Gasteiger partial charge is 0.338 e. The van der Waals surface area contributed by atoms with Crippen molar-refractivity contribution in [3.05, 3.63) is 35.9 Å². The molecule has 6 heteroatoms. The van der Waals surface area contributed by atoms with Gasteiger partial charge < -0.3 is 14.2 Å². The summed E-state index contributed by atoms with van der Waals surface area (Å²) in [6, 6.07) is 9.38. The highest BCUT2D eigenvalue weighted by Crippen LogP contribution is 2.72. The number of fused-ring (bicyclic) bond motifs is 3. The molecule has 0 radical (unpaired) electrons. The second-order valence-electron chi connectivity index (χ2n) is 11.8. The fourth-order valence-electron chi connectivity index (χ4n) is 8.95. The lowest BCUT2D eigenvalue weighted by atomic mass is 9.45. The zero-order chi connectivity index (χ0) is 23.7. The summed E-state index contributed by atoms with van der Waals surface area (Å²) in [5, 5.41) is 0. The molecule has 0 unspecified atom stereocenters. The molecule has 5 fully saturated rings. The second-order valence-corrected chi connectivity index (χ2v) is 13.2. The van der Waals surface area contributed by atoms with Gasteiger partial charge in [0, 0.05) is 24.2 Å². The lowest BCUT2D eigenvalue weighted by Crippen LogP contribution is -2.64. The number of carbonyl (C=O) groups is 2. The first-order valence-electron chi connectivity index (χ1n) is 13.0. The summed E-state index contributed by atoms with van der Waals surface area (Å²) in [7, 11) is 0. The van der Waals surface area contributed by atoms with Gasteiger partial charge in [0.1, 0.15) is 12.2 Å². The van der Waals surface area contributed by atoms with Crippen molar-refractivity contribution in [3.63, 3.8) is 0 Å². The quantitative estimate of drug-likeness (QED) is 0.370. The van der Waals surface area contributed by atoms with E-state index in [1.165, 1.54) is 6.92 Å². The van der Waals surface area contributed by atoms with Crippen molar-refractivity contribution in [2.24, 2.45) is 28.6 Å². The van der Waals surface area contributed by atoms with Gasteiger partial charge in [0.2, 0.25) is 0 Å². The molecule has 184 valence electrons. The standard InChI is InChI=1S/C28H35BrO5/c1-17(30)33-19-10-13-27-16-32-24(28(27,29)15-19)14-20-21-8-9-23(26(21,2)12-11-22(20)27)34-25(31)18-6-4-3-5-7-18/h3-7,19-24H,8-16H2,1-2H3/t19-,20-,21-,22-,23-,24-,26-,27-,28-/m0/s1. The third-order valence-corrected chi connectivity index (χ3v) is 12.1. The van der Waals surface area contributed by atoms with Crippen LogP contribution in [0.3, 0.4) is 0 Å². The van der Waals surface area contributed by atoms with Crippen LogP contribution in [0.25, 0.3) is 0 Å². The molecule has 5 nitrogen and oxygen atoms in total. The van der Waals surface area contributed by atoms with E-state index in [1.54, 1.807) is 0 Å². The molecule has 9 atom stereocenters. The first-order valence-corrected chi connectivity index (χ1v) is 13.8. The zero-order valence-corrected chi connectivity index (χ0v) is 21.7. The van der Waals surface area contributed by atoms with Crippen LogP contribution >= 0.6 is 15.9 Å². The Labute approximate surface area is 210 Å². The van der Waals surface area contributed by atoms with Gasteiger partial charge in [0.05, 0.1) is 22.6 Å². The summed E-state index contributed by atoms with van der Waals surface area (Å²) in [4.78, 5) is 24.5. The van der Waals surface area contributed by atoms with Gasteiger partial charge in [-0.15, -0.1) is 0 Å². The number of esters is 2. The van der Waals surface area contributed by atoms with Crippen LogP contribution < -0.4 is 0 Å². The normalized spacial score (nSPS) is 46.7. The molecule has 0 N–H and O–H groups in total. The van der Waals surface area contributed by atoms with Crippen LogP contribution in [0, 0.1) is 28.6 Å². The molecule has 4 saturated carbocycles. The molecular formula is C28H35BrO5. The lowest BCUT2D eigenvalue weighted by Gasteiger charge is -2.62. The molecule has 4 aliphatic carbocycles. The maximum Gasteiger partial charge on any atom is 0.338 e. The van der Waals surface area contributed by atoms with Gasteiger partial charge in [0.15, 0.2) is 0 Å². The van der Waals surface area contributed by atoms with E-state index in [9.17, 15) is 9.59 Å². The van der Waals surface area contributed by atoms with Gasteiger partial charge in [-0.1, -0.05) is 41.1 Å². The minimum atomic E-state index is -0.191. The molecule has 1 aromatic carbocycles. The predicted octanol–water partition coefficient (Wildman–Crippen LogP) is 5.69. The number of benzene rings is 1. The first kappa shape index (κ1) is 23.0. The van der Waals surface area contributed by atoms with Crippen LogP contribution in [0.1, 0.15) is 75.6 Å².